The topological polar surface area (TPSA) is 87.9 Å². The first-order valence-corrected chi connectivity index (χ1v) is 10.9. The molecule has 2 fully saturated rings. The number of ether oxygens (including phenoxy) is 1. The van der Waals surface area contributed by atoms with Gasteiger partial charge in [-0.1, -0.05) is 6.07 Å². The number of ketones is 1. The van der Waals surface area contributed by atoms with Crippen LogP contribution in [0.25, 0.3) is 0 Å². The van der Waals surface area contributed by atoms with Gasteiger partial charge in [0.2, 0.25) is 0 Å². The molecule has 4 rings (SSSR count). The van der Waals surface area contributed by atoms with Gasteiger partial charge in [-0.2, -0.15) is 9.78 Å². The molecule has 166 valence electrons. The second-order valence-corrected chi connectivity index (χ2v) is 8.55. The first-order valence-electron chi connectivity index (χ1n) is 10.9. The number of aliphatic hydroxyl groups excluding tert-OH is 1. The molecular formula is C23H30N4O4. The van der Waals surface area contributed by atoms with Crippen LogP contribution in [0.4, 0.5) is 10.5 Å². The van der Waals surface area contributed by atoms with Gasteiger partial charge in [-0.05, 0) is 55.5 Å². The van der Waals surface area contributed by atoms with Crippen molar-refractivity contribution >= 4 is 17.5 Å². The lowest BCUT2D eigenvalue weighted by Gasteiger charge is -2.31. The molecule has 2 aliphatic heterocycles. The molecule has 0 bridgehead atoms. The minimum absolute atomic E-state index is 0.104. The van der Waals surface area contributed by atoms with Crippen LogP contribution in [0, 0.1) is 6.92 Å². The number of benzene rings is 1. The number of amides is 1. The fourth-order valence-electron chi connectivity index (χ4n) is 4.27. The number of hydrogen-bond donors (Lipinski definition) is 1. The summed E-state index contributed by atoms with van der Waals surface area (Å²) in [6, 6.07) is 7.79. The highest BCUT2D eigenvalue weighted by molar-refractivity contribution is 5.92. The average Bonchev–Trinajstić information content (AvgIpc) is 3.41. The maximum Gasteiger partial charge on any atom is 0.344 e. The number of aryl methyl sites for hydroxylation is 1. The van der Waals surface area contributed by atoms with Crippen molar-refractivity contribution < 1.29 is 19.4 Å². The zero-order valence-electron chi connectivity index (χ0n) is 18.2. The van der Waals surface area contributed by atoms with Crippen LogP contribution in [-0.2, 0) is 11.3 Å². The number of nitrogens with zero attached hydrogens (tertiary/aromatic N) is 4. The van der Waals surface area contributed by atoms with E-state index in [1.807, 2.05) is 0 Å². The molecular weight excluding hydrogens is 396 g/mol. The minimum Gasteiger partial charge on any atom is -0.391 e. The summed E-state index contributed by atoms with van der Waals surface area (Å²) in [7, 11) is 0. The van der Waals surface area contributed by atoms with Gasteiger partial charge in [0.15, 0.2) is 5.78 Å². The highest BCUT2D eigenvalue weighted by Gasteiger charge is 2.25. The summed E-state index contributed by atoms with van der Waals surface area (Å²) in [4.78, 5) is 28.0. The molecule has 8 heteroatoms. The molecule has 1 atom stereocenters. The Morgan fingerprint density at radius 3 is 2.58 bits per heavy atom. The smallest absolute Gasteiger partial charge is 0.344 e. The number of likely N-dealkylation sites (tertiary alicyclic amines) is 1. The largest absolute Gasteiger partial charge is 0.391 e. The molecule has 1 N–H and O–H groups in total. The standard InChI is InChI=1S/C23H30N4O4/c1-16-11-18(13-19(12-16)26-7-3-20(29)14-26)15-31-21-4-8-25(9-5-21)23(30)27-10-6-22(24-27)17(2)28/h6,10-13,20-21,29H,3-5,7-9,14-15H2,1-2H3/t20-/m1/s1. The minimum atomic E-state index is -0.246. The van der Waals surface area contributed by atoms with E-state index in [0.717, 1.165) is 37.1 Å². The zero-order valence-corrected chi connectivity index (χ0v) is 18.2. The summed E-state index contributed by atoms with van der Waals surface area (Å²) in [5.41, 5.74) is 3.75. The number of aliphatic hydroxyl groups is 1. The first-order chi connectivity index (χ1) is 14.9. The van der Waals surface area contributed by atoms with E-state index < -0.39 is 0 Å². The van der Waals surface area contributed by atoms with Crippen molar-refractivity contribution in [2.45, 2.75) is 51.9 Å². The first kappa shape index (κ1) is 21.5. The van der Waals surface area contributed by atoms with Crippen molar-refractivity contribution in [2.75, 3.05) is 31.1 Å². The van der Waals surface area contributed by atoms with Gasteiger partial charge in [0, 0.05) is 45.0 Å². The van der Waals surface area contributed by atoms with Crippen molar-refractivity contribution in [1.29, 1.82) is 0 Å². The number of β-amino-alcohol motifs (C(OH)–C–C–N with tert-alkyl or cyclic N) is 1. The predicted octanol–water partition coefficient (Wildman–Crippen LogP) is 2.61. The number of hydrogen-bond acceptors (Lipinski definition) is 6. The van der Waals surface area contributed by atoms with E-state index in [1.54, 1.807) is 11.0 Å². The summed E-state index contributed by atoms with van der Waals surface area (Å²) >= 11 is 0. The molecule has 2 aromatic rings. The van der Waals surface area contributed by atoms with E-state index in [2.05, 4.69) is 35.1 Å². The molecule has 0 spiro atoms. The Labute approximate surface area is 182 Å². The van der Waals surface area contributed by atoms with Crippen molar-refractivity contribution in [3.8, 4) is 0 Å². The van der Waals surface area contributed by atoms with Crippen LogP contribution in [0.1, 0.15) is 47.8 Å². The van der Waals surface area contributed by atoms with Gasteiger partial charge in [0.1, 0.15) is 5.69 Å². The molecule has 2 saturated heterocycles. The molecule has 0 unspecified atom stereocenters. The molecule has 3 heterocycles. The molecule has 1 aromatic heterocycles. The Hall–Kier alpha value is -2.71. The third kappa shape index (κ3) is 5.14. The third-order valence-corrected chi connectivity index (χ3v) is 5.99. The van der Waals surface area contributed by atoms with Crippen LogP contribution in [0.2, 0.25) is 0 Å². The van der Waals surface area contributed by atoms with E-state index in [0.29, 0.717) is 31.9 Å². The average molecular weight is 427 g/mol. The van der Waals surface area contributed by atoms with Gasteiger partial charge in [-0.15, -0.1) is 0 Å². The van der Waals surface area contributed by atoms with Crippen molar-refractivity contribution in [1.82, 2.24) is 14.7 Å². The maximum absolute atomic E-state index is 12.6. The Morgan fingerprint density at radius 2 is 1.94 bits per heavy atom. The van der Waals surface area contributed by atoms with Crippen molar-refractivity contribution in [3.63, 3.8) is 0 Å². The quantitative estimate of drug-likeness (QED) is 0.740. The number of carbonyl (C=O) groups excluding carboxylic acids is 2. The van der Waals surface area contributed by atoms with Crippen LogP contribution in [0.15, 0.2) is 30.5 Å². The number of carbonyl (C=O) groups is 2. The molecule has 1 aromatic carbocycles. The third-order valence-electron chi connectivity index (χ3n) is 5.99. The van der Waals surface area contributed by atoms with Gasteiger partial charge in [0.25, 0.3) is 0 Å². The fourth-order valence-corrected chi connectivity index (χ4v) is 4.27. The van der Waals surface area contributed by atoms with Crippen molar-refractivity contribution in [3.05, 3.63) is 47.3 Å². The van der Waals surface area contributed by atoms with Gasteiger partial charge >= 0.3 is 6.03 Å². The Bertz CT molecular complexity index is 949. The predicted molar refractivity (Wildman–Crippen MR) is 116 cm³/mol. The highest BCUT2D eigenvalue weighted by Crippen LogP contribution is 2.25. The van der Waals surface area contributed by atoms with E-state index in [9.17, 15) is 14.7 Å². The van der Waals surface area contributed by atoms with Crippen molar-refractivity contribution in [2.24, 2.45) is 0 Å². The van der Waals surface area contributed by atoms with Gasteiger partial charge < -0.3 is 19.6 Å². The molecule has 31 heavy (non-hydrogen) atoms. The SMILES string of the molecule is CC(=O)c1ccn(C(=O)N2CCC(OCc3cc(C)cc(N4CC[C@@H](O)C4)c3)CC2)n1. The summed E-state index contributed by atoms with van der Waals surface area (Å²) in [5.74, 6) is -0.154. The number of aromatic nitrogens is 2. The molecule has 0 saturated carbocycles. The summed E-state index contributed by atoms with van der Waals surface area (Å²) in [6.07, 6.45) is 3.74. The molecule has 1 amide bonds. The van der Waals surface area contributed by atoms with E-state index in [-0.39, 0.29) is 24.0 Å². The monoisotopic (exact) mass is 426 g/mol. The highest BCUT2D eigenvalue weighted by atomic mass is 16.5. The van der Waals surface area contributed by atoms with Crippen LogP contribution < -0.4 is 4.90 Å². The van der Waals surface area contributed by atoms with E-state index in [1.165, 1.54) is 23.4 Å². The molecule has 8 nitrogen and oxygen atoms in total. The van der Waals surface area contributed by atoms with E-state index in [4.69, 9.17) is 4.74 Å². The van der Waals surface area contributed by atoms with Crippen LogP contribution in [0.3, 0.4) is 0 Å². The van der Waals surface area contributed by atoms with Gasteiger partial charge in [-0.3, -0.25) is 4.79 Å². The second-order valence-electron chi connectivity index (χ2n) is 8.55. The summed E-state index contributed by atoms with van der Waals surface area (Å²) < 4.78 is 7.40. The molecule has 0 radical (unpaired) electrons. The lowest BCUT2D eigenvalue weighted by molar-refractivity contribution is 0.00435. The number of piperidine rings is 1. The Kier molecular flexibility index (Phi) is 6.38. The second kappa shape index (κ2) is 9.20. The molecule has 0 aliphatic carbocycles. The fraction of sp³-hybridized carbons (Fsp3) is 0.522. The van der Waals surface area contributed by atoms with Crippen LogP contribution in [-0.4, -0.2) is 70.0 Å². The lowest BCUT2D eigenvalue weighted by atomic mass is 10.1. The summed E-state index contributed by atoms with van der Waals surface area (Å²) in [5, 5.41) is 13.9. The zero-order chi connectivity index (χ0) is 22.0. The van der Waals surface area contributed by atoms with Gasteiger partial charge in [0.05, 0.1) is 18.8 Å². The lowest BCUT2D eigenvalue weighted by Crippen LogP contribution is -2.43. The van der Waals surface area contributed by atoms with E-state index >= 15 is 0 Å². The van der Waals surface area contributed by atoms with Crippen LogP contribution in [0.5, 0.6) is 0 Å². The number of rotatable bonds is 5. The summed E-state index contributed by atoms with van der Waals surface area (Å²) in [6.45, 7) is 6.81. The Balaban J connectivity index is 1.29. The molecule has 2 aliphatic rings. The maximum atomic E-state index is 12.6. The number of anilines is 1. The number of Topliss-reactive ketones (excluding diaryl/α,β-unsaturated/α-hetero) is 1. The van der Waals surface area contributed by atoms with Gasteiger partial charge in [-0.25, -0.2) is 4.79 Å². The van der Waals surface area contributed by atoms with Crippen LogP contribution >= 0.6 is 0 Å². The Morgan fingerprint density at radius 1 is 1.16 bits per heavy atom. The normalized spacial score (nSPS) is 19.8.